The van der Waals surface area contributed by atoms with Gasteiger partial charge >= 0.3 is 0 Å². The van der Waals surface area contributed by atoms with Gasteiger partial charge in [-0.1, -0.05) is 66.0 Å². The van der Waals surface area contributed by atoms with Gasteiger partial charge in [-0.15, -0.1) is 0 Å². The molecule has 0 spiro atoms. The molecule has 2 aromatic rings. The number of aromatic nitrogens is 2. The van der Waals surface area contributed by atoms with Crippen LogP contribution in [0.3, 0.4) is 0 Å². The third kappa shape index (κ3) is 6.01. The minimum Gasteiger partial charge on any atom is -0.361 e. The lowest BCUT2D eigenvalue weighted by Gasteiger charge is -2.36. The summed E-state index contributed by atoms with van der Waals surface area (Å²) in [5, 5.41) is 10.0. The second-order valence-electron chi connectivity index (χ2n) is 11.3. The average Bonchev–Trinajstić information content (AvgIpc) is 3.16. The lowest BCUT2D eigenvalue weighted by atomic mass is 9.80. The van der Waals surface area contributed by atoms with Crippen LogP contribution in [0.2, 0.25) is 0 Å². The molecule has 7 nitrogen and oxygen atoms in total. The van der Waals surface area contributed by atoms with Crippen molar-refractivity contribution in [1.29, 1.82) is 0 Å². The molecule has 0 aliphatic heterocycles. The molecule has 1 aliphatic rings. The first-order valence-corrected chi connectivity index (χ1v) is 11.9. The van der Waals surface area contributed by atoms with Gasteiger partial charge in [-0.2, -0.15) is 0 Å². The predicted molar refractivity (Wildman–Crippen MR) is 128 cm³/mol. The molecule has 3 rings (SSSR count). The van der Waals surface area contributed by atoms with E-state index in [9.17, 15) is 9.59 Å². The van der Waals surface area contributed by atoms with E-state index in [1.54, 1.807) is 6.07 Å². The van der Waals surface area contributed by atoms with E-state index < -0.39 is 5.54 Å². The molecule has 0 unspecified atom stereocenters. The van der Waals surface area contributed by atoms with Gasteiger partial charge in [0.15, 0.2) is 0 Å². The van der Waals surface area contributed by atoms with Crippen LogP contribution in [0.25, 0.3) is 0 Å². The van der Waals surface area contributed by atoms with Crippen molar-refractivity contribution in [3.8, 4) is 0 Å². The van der Waals surface area contributed by atoms with Gasteiger partial charge in [0.1, 0.15) is 17.0 Å². The summed E-state index contributed by atoms with van der Waals surface area (Å²) >= 11 is 0. The third-order valence-corrected chi connectivity index (χ3v) is 6.23. The van der Waals surface area contributed by atoms with Crippen LogP contribution in [0.15, 0.2) is 22.7 Å². The van der Waals surface area contributed by atoms with Gasteiger partial charge in [0, 0.05) is 33.8 Å². The summed E-state index contributed by atoms with van der Waals surface area (Å²) in [4.78, 5) is 31.7. The number of rotatable bonds is 5. The highest BCUT2D eigenvalue weighted by molar-refractivity contribution is 5.99. The fourth-order valence-corrected chi connectivity index (χ4v) is 4.13. The summed E-state index contributed by atoms with van der Waals surface area (Å²) in [5.74, 6) is 0.294. The molecule has 1 fully saturated rings. The molecule has 7 heteroatoms. The number of aryl methyl sites for hydroxylation is 1. The summed E-state index contributed by atoms with van der Waals surface area (Å²) in [6.45, 7) is 14.6. The zero-order valence-electron chi connectivity index (χ0n) is 21.1. The lowest BCUT2D eigenvalue weighted by molar-refractivity contribution is -0.128. The highest BCUT2D eigenvalue weighted by atomic mass is 16.5. The molecular weight excluding hydrogens is 416 g/mol. The van der Waals surface area contributed by atoms with Crippen LogP contribution < -0.4 is 10.6 Å². The molecule has 33 heavy (non-hydrogen) atoms. The number of carbonyl (C=O) groups is 2. The Bertz CT molecular complexity index is 973. The summed E-state index contributed by atoms with van der Waals surface area (Å²) < 4.78 is 5.09. The zero-order valence-corrected chi connectivity index (χ0v) is 21.1. The molecule has 0 bridgehead atoms. The van der Waals surface area contributed by atoms with Gasteiger partial charge in [-0.05, 0) is 31.9 Å². The molecule has 0 aromatic carbocycles. The van der Waals surface area contributed by atoms with E-state index in [2.05, 4.69) is 57.3 Å². The summed E-state index contributed by atoms with van der Waals surface area (Å²) in [6, 6.07) is 5.51. The quantitative estimate of drug-likeness (QED) is 0.681. The van der Waals surface area contributed by atoms with Gasteiger partial charge in [0.05, 0.1) is 6.54 Å². The first kappa shape index (κ1) is 24.9. The van der Waals surface area contributed by atoms with Crippen molar-refractivity contribution in [2.45, 2.75) is 103 Å². The Kier molecular flexibility index (Phi) is 7.01. The minimum atomic E-state index is -0.929. The Balaban J connectivity index is 1.87. The van der Waals surface area contributed by atoms with Gasteiger partial charge in [0.25, 0.3) is 5.91 Å². The predicted octanol–water partition coefficient (Wildman–Crippen LogP) is 4.72. The number of hydrogen-bond donors (Lipinski definition) is 2. The van der Waals surface area contributed by atoms with Crippen LogP contribution in [-0.4, -0.2) is 27.5 Å². The fourth-order valence-electron chi connectivity index (χ4n) is 4.13. The molecule has 2 amide bonds. The number of amides is 2. The Hall–Kier alpha value is -2.70. The van der Waals surface area contributed by atoms with E-state index in [0.29, 0.717) is 29.9 Å². The number of nitrogens with zero attached hydrogens (tertiary/aromatic N) is 2. The van der Waals surface area contributed by atoms with Crippen LogP contribution in [0.4, 0.5) is 0 Å². The first-order valence-electron chi connectivity index (χ1n) is 11.9. The molecule has 180 valence electrons. The molecule has 0 saturated heterocycles. The van der Waals surface area contributed by atoms with Crippen LogP contribution in [0.1, 0.15) is 107 Å². The SMILES string of the molecule is Cc1cc(CNC(=O)C2(NC(=O)c3cc(C(C)(C)C)nc(C(C)(C)C)c3)CCCCC2)no1. The van der Waals surface area contributed by atoms with E-state index in [-0.39, 0.29) is 29.2 Å². The maximum Gasteiger partial charge on any atom is 0.252 e. The number of hydrogen-bond acceptors (Lipinski definition) is 5. The van der Waals surface area contributed by atoms with Gasteiger partial charge in [-0.25, -0.2) is 0 Å². The molecule has 2 N–H and O–H groups in total. The maximum absolute atomic E-state index is 13.5. The van der Waals surface area contributed by atoms with Gasteiger partial charge in [-0.3, -0.25) is 14.6 Å². The van der Waals surface area contributed by atoms with Crippen molar-refractivity contribution in [2.24, 2.45) is 0 Å². The van der Waals surface area contributed by atoms with Crippen LogP contribution in [0, 0.1) is 6.92 Å². The van der Waals surface area contributed by atoms with E-state index in [1.807, 2.05) is 19.1 Å². The van der Waals surface area contributed by atoms with Crippen LogP contribution in [-0.2, 0) is 22.2 Å². The third-order valence-electron chi connectivity index (χ3n) is 6.23. The van der Waals surface area contributed by atoms with Crippen molar-refractivity contribution in [2.75, 3.05) is 0 Å². The van der Waals surface area contributed by atoms with E-state index in [1.165, 1.54) is 0 Å². The van der Waals surface area contributed by atoms with Crippen LogP contribution in [0.5, 0.6) is 0 Å². The number of nitrogens with one attached hydrogen (secondary N) is 2. The van der Waals surface area contributed by atoms with Crippen LogP contribution >= 0.6 is 0 Å². The molecule has 2 heterocycles. The van der Waals surface area contributed by atoms with Crippen molar-refractivity contribution in [1.82, 2.24) is 20.8 Å². The molecule has 2 aromatic heterocycles. The summed E-state index contributed by atoms with van der Waals surface area (Å²) in [5.41, 5.74) is 1.60. The Morgan fingerprint density at radius 2 is 1.55 bits per heavy atom. The Labute approximate surface area is 197 Å². The standard InChI is InChI=1S/C26H38N4O3/c1-17-13-19(30-33-17)16-27-23(32)26(11-9-8-10-12-26)29-22(31)18-14-20(24(2,3)4)28-21(15-18)25(5,6)7/h13-15H,8-12,16H2,1-7H3,(H,27,32)(H,29,31). The van der Waals surface area contributed by atoms with Crippen molar-refractivity contribution >= 4 is 11.8 Å². The molecule has 1 aliphatic carbocycles. The maximum atomic E-state index is 13.5. The normalized spacial score (nSPS) is 16.3. The van der Waals surface area contributed by atoms with E-state index in [4.69, 9.17) is 9.51 Å². The number of carbonyl (C=O) groups excluding carboxylic acids is 2. The smallest absolute Gasteiger partial charge is 0.252 e. The van der Waals surface area contributed by atoms with E-state index in [0.717, 1.165) is 30.7 Å². The van der Waals surface area contributed by atoms with Gasteiger partial charge in [0.2, 0.25) is 5.91 Å². The largest absolute Gasteiger partial charge is 0.361 e. The average molecular weight is 455 g/mol. The van der Waals surface area contributed by atoms with Crippen molar-refractivity contribution in [3.63, 3.8) is 0 Å². The zero-order chi connectivity index (χ0) is 24.4. The van der Waals surface area contributed by atoms with E-state index >= 15 is 0 Å². The summed E-state index contributed by atoms with van der Waals surface area (Å²) in [7, 11) is 0. The second kappa shape index (κ2) is 9.27. The second-order valence-corrected chi connectivity index (χ2v) is 11.3. The molecular formula is C26H38N4O3. The van der Waals surface area contributed by atoms with Crippen molar-refractivity contribution < 1.29 is 14.1 Å². The Morgan fingerprint density at radius 3 is 2.03 bits per heavy atom. The molecule has 0 radical (unpaired) electrons. The molecule has 1 saturated carbocycles. The van der Waals surface area contributed by atoms with Gasteiger partial charge < -0.3 is 15.2 Å². The highest BCUT2D eigenvalue weighted by Crippen LogP contribution is 2.31. The topological polar surface area (TPSA) is 97.1 Å². The Morgan fingerprint density at radius 1 is 0.970 bits per heavy atom. The molecule has 0 atom stereocenters. The monoisotopic (exact) mass is 454 g/mol. The highest BCUT2D eigenvalue weighted by Gasteiger charge is 2.41. The lowest BCUT2D eigenvalue weighted by Crippen LogP contribution is -2.59. The minimum absolute atomic E-state index is 0.169. The fraction of sp³-hybridized carbons (Fsp3) is 0.615. The van der Waals surface area contributed by atoms with Crippen molar-refractivity contribution in [3.05, 3.63) is 46.6 Å². The first-order chi connectivity index (χ1) is 15.3. The summed E-state index contributed by atoms with van der Waals surface area (Å²) in [6.07, 6.45) is 4.09. The number of pyridine rings is 1.